The van der Waals surface area contributed by atoms with Gasteiger partial charge < -0.3 is 9.47 Å². The number of nitrogens with zero attached hydrogens (tertiary/aromatic N) is 2. The molecule has 0 N–H and O–H groups in total. The Morgan fingerprint density at radius 3 is 2.46 bits per heavy atom. The largest absolute Gasteiger partial charge is 0.490 e. The van der Waals surface area contributed by atoms with Gasteiger partial charge in [0.05, 0.1) is 24.3 Å². The van der Waals surface area contributed by atoms with Crippen molar-refractivity contribution < 1.29 is 23.9 Å². The van der Waals surface area contributed by atoms with E-state index in [-0.39, 0.29) is 5.91 Å². The van der Waals surface area contributed by atoms with Crippen molar-refractivity contribution in [3.05, 3.63) is 88.9 Å². The molecule has 2 aliphatic heterocycles. The van der Waals surface area contributed by atoms with Crippen molar-refractivity contribution in [2.45, 2.75) is 25.7 Å². The molecule has 0 spiro atoms. The fourth-order valence-corrected chi connectivity index (χ4v) is 4.85. The number of rotatable bonds is 7. The van der Waals surface area contributed by atoms with Gasteiger partial charge in [-0.25, -0.2) is 4.90 Å². The van der Waals surface area contributed by atoms with E-state index in [1.807, 2.05) is 55.5 Å². The summed E-state index contributed by atoms with van der Waals surface area (Å²) in [5, 5.41) is 2.03. The summed E-state index contributed by atoms with van der Waals surface area (Å²) < 4.78 is 11.9. The van der Waals surface area contributed by atoms with Crippen LogP contribution in [0, 0.1) is 5.92 Å². The third-order valence-corrected chi connectivity index (χ3v) is 6.46. The molecule has 3 aromatic carbocycles. The minimum atomic E-state index is -0.902. The molecule has 35 heavy (non-hydrogen) atoms. The van der Waals surface area contributed by atoms with Gasteiger partial charge in [-0.05, 0) is 48.4 Å². The van der Waals surface area contributed by atoms with Crippen LogP contribution in [0.2, 0.25) is 5.02 Å². The van der Waals surface area contributed by atoms with Gasteiger partial charge in [-0.1, -0.05) is 54.1 Å². The first-order chi connectivity index (χ1) is 17.0. The van der Waals surface area contributed by atoms with Crippen molar-refractivity contribution >= 4 is 29.1 Å². The molecule has 0 aromatic heterocycles. The monoisotopic (exact) mass is 492 g/mol. The lowest BCUT2D eigenvalue weighted by molar-refractivity contribution is -0.160. The number of carbonyl (C=O) groups excluding carboxylic acids is 2. The molecule has 0 radical (unpaired) electrons. The number of amides is 2. The lowest BCUT2D eigenvalue weighted by Gasteiger charge is -2.25. The number of carbonyl (C=O) groups is 2. The zero-order chi connectivity index (χ0) is 24.5. The summed E-state index contributed by atoms with van der Waals surface area (Å²) in [7, 11) is 1.73. The van der Waals surface area contributed by atoms with E-state index in [0.29, 0.717) is 35.4 Å². The van der Waals surface area contributed by atoms with E-state index in [2.05, 4.69) is 0 Å². The molecule has 2 saturated heterocycles. The molecular weight excluding hydrogens is 468 g/mol. The van der Waals surface area contributed by atoms with Gasteiger partial charge in [-0.2, -0.15) is 5.06 Å². The normalized spacial score (nSPS) is 21.9. The second-order valence-electron chi connectivity index (χ2n) is 8.45. The number of halogens is 1. The molecule has 3 aromatic rings. The van der Waals surface area contributed by atoms with Gasteiger partial charge >= 0.3 is 0 Å². The molecule has 2 heterocycles. The van der Waals surface area contributed by atoms with Crippen LogP contribution in [0.5, 0.6) is 11.5 Å². The van der Waals surface area contributed by atoms with E-state index in [9.17, 15) is 9.59 Å². The van der Waals surface area contributed by atoms with Crippen LogP contribution in [0.15, 0.2) is 72.8 Å². The molecule has 2 amide bonds. The molecule has 2 fully saturated rings. The van der Waals surface area contributed by atoms with E-state index in [1.54, 1.807) is 36.4 Å². The Bertz CT molecular complexity index is 1250. The van der Waals surface area contributed by atoms with E-state index >= 15 is 0 Å². The lowest BCUT2D eigenvalue weighted by Crippen LogP contribution is -2.36. The standard InChI is InChI=1S/C27H25ClN2O5/c1-3-33-22-14-18(12-13-21(22)34-16-17-8-5-4-6-9-17)24-23-25(35-29(24)2)27(32)30(26(23)31)20-11-7-10-19(28)15-20/h4-15,23-25H,3,16H2,1-2H3/t23-,24+,25-/m0/s1. The number of imide groups is 1. The summed E-state index contributed by atoms with van der Waals surface area (Å²) in [6.07, 6.45) is -0.902. The Morgan fingerprint density at radius 2 is 1.71 bits per heavy atom. The number of hydrogen-bond donors (Lipinski definition) is 0. The van der Waals surface area contributed by atoms with Gasteiger partial charge in [0, 0.05) is 12.1 Å². The molecule has 0 aliphatic carbocycles. The minimum Gasteiger partial charge on any atom is -0.490 e. The first-order valence-electron chi connectivity index (χ1n) is 11.4. The first-order valence-corrected chi connectivity index (χ1v) is 11.8. The fourth-order valence-electron chi connectivity index (χ4n) is 4.67. The van der Waals surface area contributed by atoms with E-state index in [0.717, 1.165) is 11.1 Å². The van der Waals surface area contributed by atoms with E-state index < -0.39 is 24.0 Å². The summed E-state index contributed by atoms with van der Waals surface area (Å²) in [5.41, 5.74) is 2.28. The van der Waals surface area contributed by atoms with Gasteiger partial charge in [0.2, 0.25) is 5.91 Å². The third-order valence-electron chi connectivity index (χ3n) is 6.22. The van der Waals surface area contributed by atoms with Gasteiger partial charge in [0.25, 0.3) is 5.91 Å². The highest BCUT2D eigenvalue weighted by molar-refractivity contribution is 6.31. The van der Waals surface area contributed by atoms with Crippen LogP contribution in [0.1, 0.15) is 24.1 Å². The second-order valence-corrected chi connectivity index (χ2v) is 8.88. The maximum absolute atomic E-state index is 13.5. The third kappa shape index (κ3) is 4.38. The maximum Gasteiger partial charge on any atom is 0.265 e. The molecule has 180 valence electrons. The highest BCUT2D eigenvalue weighted by atomic mass is 35.5. The average Bonchev–Trinajstić information content (AvgIpc) is 3.32. The number of hydrogen-bond acceptors (Lipinski definition) is 6. The Hall–Kier alpha value is -3.39. The molecule has 0 saturated carbocycles. The molecule has 3 atom stereocenters. The van der Waals surface area contributed by atoms with Crippen LogP contribution in [0.3, 0.4) is 0 Å². The number of ether oxygens (including phenoxy) is 2. The summed E-state index contributed by atoms with van der Waals surface area (Å²) >= 11 is 6.10. The average molecular weight is 493 g/mol. The van der Waals surface area contributed by atoms with E-state index in [1.165, 1.54) is 4.90 Å². The zero-order valence-electron chi connectivity index (χ0n) is 19.4. The Balaban J connectivity index is 1.43. The van der Waals surface area contributed by atoms with Crippen LogP contribution in [-0.2, 0) is 21.0 Å². The summed E-state index contributed by atoms with van der Waals surface area (Å²) in [5.74, 6) is -0.242. The quantitative estimate of drug-likeness (QED) is 0.442. The lowest BCUT2D eigenvalue weighted by atomic mass is 9.91. The Labute approximate surface area is 208 Å². The van der Waals surface area contributed by atoms with Crippen LogP contribution >= 0.6 is 11.6 Å². The zero-order valence-corrected chi connectivity index (χ0v) is 20.1. The van der Waals surface area contributed by atoms with Crippen LogP contribution < -0.4 is 14.4 Å². The van der Waals surface area contributed by atoms with Crippen molar-refractivity contribution in [3.8, 4) is 11.5 Å². The topological polar surface area (TPSA) is 68.3 Å². The molecule has 0 unspecified atom stereocenters. The summed E-state index contributed by atoms with van der Waals surface area (Å²) in [4.78, 5) is 33.7. The van der Waals surface area contributed by atoms with Gasteiger partial charge in [0.1, 0.15) is 6.61 Å². The predicted molar refractivity (Wildman–Crippen MR) is 131 cm³/mol. The molecule has 7 nitrogen and oxygen atoms in total. The van der Waals surface area contributed by atoms with Crippen LogP contribution in [-0.4, -0.2) is 36.6 Å². The van der Waals surface area contributed by atoms with Crippen molar-refractivity contribution in [3.63, 3.8) is 0 Å². The van der Waals surface area contributed by atoms with Crippen molar-refractivity contribution in [2.75, 3.05) is 18.6 Å². The van der Waals surface area contributed by atoms with Gasteiger partial charge in [0.15, 0.2) is 17.6 Å². The minimum absolute atomic E-state index is 0.320. The summed E-state index contributed by atoms with van der Waals surface area (Å²) in [6, 6.07) is 21.7. The highest BCUT2D eigenvalue weighted by Crippen LogP contribution is 2.46. The van der Waals surface area contributed by atoms with Gasteiger partial charge in [-0.3, -0.25) is 14.4 Å². The molecular formula is C27H25ClN2O5. The van der Waals surface area contributed by atoms with Crippen LogP contribution in [0.25, 0.3) is 0 Å². The second kappa shape index (κ2) is 9.70. The van der Waals surface area contributed by atoms with E-state index in [4.69, 9.17) is 25.9 Å². The highest BCUT2D eigenvalue weighted by Gasteiger charge is 2.59. The first kappa shape index (κ1) is 23.4. The van der Waals surface area contributed by atoms with Crippen molar-refractivity contribution in [1.29, 1.82) is 0 Å². The molecule has 8 heteroatoms. The van der Waals surface area contributed by atoms with Crippen molar-refractivity contribution in [2.24, 2.45) is 5.92 Å². The number of fused-ring (bicyclic) bond motifs is 1. The SMILES string of the molecule is CCOc1cc([C@@H]2[C@@H]3C(=O)N(c4cccc(Cl)c4)C(=O)[C@H]3ON2C)ccc1OCc1ccccc1. The fraction of sp³-hybridized carbons (Fsp3) is 0.259. The number of anilines is 1. The molecule has 0 bridgehead atoms. The predicted octanol–water partition coefficient (Wildman–Crippen LogP) is 4.79. The number of hydroxylamine groups is 2. The summed E-state index contributed by atoms with van der Waals surface area (Å²) in [6.45, 7) is 2.75. The van der Waals surface area contributed by atoms with Crippen molar-refractivity contribution in [1.82, 2.24) is 5.06 Å². The Kier molecular flexibility index (Phi) is 6.47. The smallest absolute Gasteiger partial charge is 0.265 e. The Morgan fingerprint density at radius 1 is 0.914 bits per heavy atom. The molecule has 5 rings (SSSR count). The number of benzene rings is 3. The molecule has 2 aliphatic rings. The van der Waals surface area contributed by atoms with Gasteiger partial charge in [-0.15, -0.1) is 0 Å². The maximum atomic E-state index is 13.5. The van der Waals surface area contributed by atoms with Crippen LogP contribution in [0.4, 0.5) is 5.69 Å².